The van der Waals surface area contributed by atoms with E-state index in [4.69, 9.17) is 4.74 Å². The minimum atomic E-state index is -2.85. The van der Waals surface area contributed by atoms with Crippen molar-refractivity contribution in [3.63, 3.8) is 0 Å². The fraction of sp³-hybridized carbons (Fsp3) is 1.00. The summed E-state index contributed by atoms with van der Waals surface area (Å²) in [6.45, 7) is 3.37. The summed E-state index contributed by atoms with van der Waals surface area (Å²) in [5.41, 5.74) is 0. The van der Waals surface area contributed by atoms with Crippen molar-refractivity contribution in [3.8, 4) is 0 Å². The predicted octanol–water partition coefficient (Wildman–Crippen LogP) is 0.826. The second-order valence-corrected chi connectivity index (χ2v) is 6.76. The maximum absolute atomic E-state index is 11.6. The number of ether oxygens (including phenoxy) is 1. The molecule has 1 aliphatic rings. The van der Waals surface area contributed by atoms with Gasteiger partial charge < -0.3 is 10.1 Å². The van der Waals surface area contributed by atoms with Gasteiger partial charge in [0.25, 0.3) is 0 Å². The molecule has 1 fully saturated rings. The molecule has 2 unspecified atom stereocenters. The Morgan fingerprint density at radius 2 is 2.12 bits per heavy atom. The molecule has 0 spiro atoms. The van der Waals surface area contributed by atoms with E-state index in [1.165, 1.54) is 0 Å². The highest BCUT2D eigenvalue weighted by Gasteiger charge is 2.25. The summed E-state index contributed by atoms with van der Waals surface area (Å²) in [7, 11) is -0.912. The first-order chi connectivity index (χ1) is 7.59. The Balaban J connectivity index is 2.41. The molecule has 0 saturated carbocycles. The van der Waals surface area contributed by atoms with Crippen LogP contribution in [0, 0.1) is 5.92 Å². The first-order valence-corrected chi connectivity index (χ1v) is 7.86. The maximum Gasteiger partial charge on any atom is 0.150 e. The van der Waals surface area contributed by atoms with E-state index < -0.39 is 9.84 Å². The molecule has 2 atom stereocenters. The van der Waals surface area contributed by atoms with Gasteiger partial charge in [-0.15, -0.1) is 0 Å². The lowest BCUT2D eigenvalue weighted by molar-refractivity contribution is 0.0330. The van der Waals surface area contributed by atoms with E-state index in [9.17, 15) is 8.42 Å². The molecule has 1 aliphatic heterocycles. The summed E-state index contributed by atoms with van der Waals surface area (Å²) in [6, 6.07) is 0.408. The van der Waals surface area contributed by atoms with Crippen molar-refractivity contribution in [2.24, 2.45) is 5.92 Å². The van der Waals surface area contributed by atoms with Crippen LogP contribution in [-0.4, -0.2) is 46.2 Å². The number of hydrogen-bond donors (Lipinski definition) is 1. The van der Waals surface area contributed by atoms with Crippen molar-refractivity contribution in [2.45, 2.75) is 32.2 Å². The number of rotatable bonds is 6. The Labute approximate surface area is 98.7 Å². The molecule has 0 radical (unpaired) electrons. The molecule has 0 aromatic rings. The lowest BCUT2D eigenvalue weighted by Crippen LogP contribution is -2.41. The maximum atomic E-state index is 11.6. The highest BCUT2D eigenvalue weighted by Crippen LogP contribution is 2.19. The Hall–Kier alpha value is -0.130. The Morgan fingerprint density at radius 1 is 1.38 bits per heavy atom. The predicted molar refractivity (Wildman–Crippen MR) is 65.3 cm³/mol. The highest BCUT2D eigenvalue weighted by atomic mass is 32.2. The molecular weight excluding hydrogens is 226 g/mol. The molecule has 5 heteroatoms. The average molecular weight is 249 g/mol. The SMILES string of the molecule is CCCS(=O)(=O)CCC1COCCC1NC. The van der Waals surface area contributed by atoms with Crippen molar-refractivity contribution in [3.05, 3.63) is 0 Å². The van der Waals surface area contributed by atoms with E-state index in [0.29, 0.717) is 42.9 Å². The van der Waals surface area contributed by atoms with E-state index >= 15 is 0 Å². The van der Waals surface area contributed by atoms with Crippen LogP contribution >= 0.6 is 0 Å². The van der Waals surface area contributed by atoms with Crippen LogP contribution in [0.15, 0.2) is 0 Å². The molecule has 16 heavy (non-hydrogen) atoms. The molecule has 0 aromatic heterocycles. The normalized spacial score (nSPS) is 26.9. The zero-order valence-corrected chi connectivity index (χ0v) is 11.1. The summed E-state index contributed by atoms with van der Waals surface area (Å²) in [5, 5.41) is 3.25. The standard InChI is InChI=1S/C11H23NO3S/c1-3-7-16(13,14)8-5-10-9-15-6-4-11(10)12-2/h10-12H,3-9H2,1-2H3. The van der Waals surface area contributed by atoms with Crippen LogP contribution in [0.1, 0.15) is 26.2 Å². The van der Waals surface area contributed by atoms with Gasteiger partial charge in [0, 0.05) is 18.4 Å². The van der Waals surface area contributed by atoms with Crippen LogP contribution < -0.4 is 5.32 Å². The van der Waals surface area contributed by atoms with Gasteiger partial charge in [0.15, 0.2) is 0 Å². The quantitative estimate of drug-likeness (QED) is 0.757. The number of sulfone groups is 1. The minimum Gasteiger partial charge on any atom is -0.381 e. The first kappa shape index (κ1) is 13.9. The lowest BCUT2D eigenvalue weighted by Gasteiger charge is -2.31. The third-order valence-corrected chi connectivity index (χ3v) is 5.05. The molecule has 1 rings (SSSR count). The summed E-state index contributed by atoms with van der Waals surface area (Å²) in [4.78, 5) is 0. The molecule has 96 valence electrons. The monoisotopic (exact) mass is 249 g/mol. The number of hydrogen-bond acceptors (Lipinski definition) is 4. The van der Waals surface area contributed by atoms with Gasteiger partial charge in [-0.05, 0) is 32.2 Å². The molecule has 4 nitrogen and oxygen atoms in total. The van der Waals surface area contributed by atoms with E-state index in [-0.39, 0.29) is 0 Å². The Morgan fingerprint density at radius 3 is 2.75 bits per heavy atom. The van der Waals surface area contributed by atoms with Gasteiger partial charge in [0.05, 0.1) is 12.4 Å². The zero-order chi connectivity index (χ0) is 12.0. The van der Waals surface area contributed by atoms with Crippen LogP contribution in [0.3, 0.4) is 0 Å². The summed E-state index contributed by atoms with van der Waals surface area (Å²) < 4.78 is 28.6. The third-order valence-electron chi connectivity index (χ3n) is 3.16. The molecular formula is C11H23NO3S. The Kier molecular flexibility index (Phi) is 5.72. The fourth-order valence-electron chi connectivity index (χ4n) is 2.21. The molecule has 0 bridgehead atoms. The third kappa shape index (κ3) is 4.39. The molecule has 0 aliphatic carbocycles. The fourth-order valence-corrected chi connectivity index (χ4v) is 3.69. The smallest absolute Gasteiger partial charge is 0.150 e. The van der Waals surface area contributed by atoms with E-state index in [1.807, 2.05) is 14.0 Å². The van der Waals surface area contributed by atoms with Gasteiger partial charge >= 0.3 is 0 Å². The highest BCUT2D eigenvalue weighted by molar-refractivity contribution is 7.91. The molecule has 1 N–H and O–H groups in total. The van der Waals surface area contributed by atoms with Gasteiger partial charge in [-0.2, -0.15) is 0 Å². The summed E-state index contributed by atoms with van der Waals surface area (Å²) >= 11 is 0. The molecule has 0 amide bonds. The van der Waals surface area contributed by atoms with E-state index in [0.717, 1.165) is 13.0 Å². The lowest BCUT2D eigenvalue weighted by atomic mass is 9.93. The van der Waals surface area contributed by atoms with E-state index in [1.54, 1.807) is 0 Å². The van der Waals surface area contributed by atoms with Crippen molar-refractivity contribution >= 4 is 9.84 Å². The van der Waals surface area contributed by atoms with Crippen LogP contribution in [0.5, 0.6) is 0 Å². The molecule has 0 aromatic carbocycles. The van der Waals surface area contributed by atoms with Crippen molar-refractivity contribution in [1.29, 1.82) is 0 Å². The Bertz CT molecular complexity index is 290. The van der Waals surface area contributed by atoms with Gasteiger partial charge in [0.1, 0.15) is 9.84 Å². The van der Waals surface area contributed by atoms with E-state index in [2.05, 4.69) is 5.32 Å². The minimum absolute atomic E-state index is 0.299. The second-order valence-electron chi connectivity index (χ2n) is 4.46. The van der Waals surface area contributed by atoms with Gasteiger partial charge in [0.2, 0.25) is 0 Å². The summed E-state index contributed by atoms with van der Waals surface area (Å²) in [6.07, 6.45) is 2.40. The molecule has 1 heterocycles. The second kappa shape index (κ2) is 6.57. The molecule has 1 saturated heterocycles. The van der Waals surface area contributed by atoms with Gasteiger partial charge in [-0.3, -0.25) is 0 Å². The largest absolute Gasteiger partial charge is 0.381 e. The zero-order valence-electron chi connectivity index (χ0n) is 10.2. The summed E-state index contributed by atoms with van der Waals surface area (Å²) in [5.74, 6) is 0.947. The van der Waals surface area contributed by atoms with Crippen LogP contribution in [0.4, 0.5) is 0 Å². The van der Waals surface area contributed by atoms with Crippen molar-refractivity contribution in [2.75, 3.05) is 31.8 Å². The topological polar surface area (TPSA) is 55.4 Å². The van der Waals surface area contributed by atoms with Crippen LogP contribution in [-0.2, 0) is 14.6 Å². The van der Waals surface area contributed by atoms with Crippen LogP contribution in [0.2, 0.25) is 0 Å². The van der Waals surface area contributed by atoms with Gasteiger partial charge in [-0.25, -0.2) is 8.42 Å². The van der Waals surface area contributed by atoms with Crippen LogP contribution in [0.25, 0.3) is 0 Å². The average Bonchev–Trinajstić information content (AvgIpc) is 2.27. The van der Waals surface area contributed by atoms with Crippen molar-refractivity contribution in [1.82, 2.24) is 5.32 Å². The number of nitrogens with one attached hydrogen (secondary N) is 1. The first-order valence-electron chi connectivity index (χ1n) is 6.04. The van der Waals surface area contributed by atoms with Crippen molar-refractivity contribution < 1.29 is 13.2 Å². The van der Waals surface area contributed by atoms with Gasteiger partial charge in [-0.1, -0.05) is 6.92 Å².